The van der Waals surface area contributed by atoms with Gasteiger partial charge in [0.25, 0.3) is 0 Å². The molecule has 16 heavy (non-hydrogen) atoms. The van der Waals surface area contributed by atoms with E-state index >= 15 is 0 Å². The number of allylic oxidation sites excluding steroid dienone is 3. The van der Waals surface area contributed by atoms with Crippen molar-refractivity contribution in [3.8, 4) is 0 Å². The molecule has 1 aromatic rings. The van der Waals surface area contributed by atoms with Crippen LogP contribution in [0.2, 0.25) is 0 Å². The van der Waals surface area contributed by atoms with Crippen molar-refractivity contribution in [2.24, 2.45) is 0 Å². The monoisotopic (exact) mass is 234 g/mol. The van der Waals surface area contributed by atoms with Gasteiger partial charge in [-0.1, -0.05) is 42.0 Å². The summed E-state index contributed by atoms with van der Waals surface area (Å²) in [5.74, 6) is 0. The summed E-state index contributed by atoms with van der Waals surface area (Å²) in [5.41, 5.74) is 1.01. The van der Waals surface area contributed by atoms with Gasteiger partial charge in [-0.15, -0.1) is 0 Å². The summed E-state index contributed by atoms with van der Waals surface area (Å²) in [4.78, 5) is 0.402. The summed E-state index contributed by atoms with van der Waals surface area (Å²) < 4.78 is 24.5. The summed E-state index contributed by atoms with van der Waals surface area (Å²) in [6.07, 6.45) is 6.26. The smallest absolute Gasteiger partial charge is 0.185 e. The third kappa shape index (κ3) is 2.09. The van der Waals surface area contributed by atoms with Gasteiger partial charge in [0.1, 0.15) is 0 Å². The molecule has 3 heteroatoms. The molecule has 0 saturated heterocycles. The van der Waals surface area contributed by atoms with E-state index in [1.54, 1.807) is 24.3 Å². The first-order valence-corrected chi connectivity index (χ1v) is 6.79. The molecule has 1 aromatic carbocycles. The van der Waals surface area contributed by atoms with E-state index in [0.717, 1.165) is 5.57 Å². The lowest BCUT2D eigenvalue weighted by atomic mass is 10.1. The number of sulfone groups is 1. The van der Waals surface area contributed by atoms with Crippen LogP contribution in [0.15, 0.2) is 59.0 Å². The van der Waals surface area contributed by atoms with Crippen molar-refractivity contribution >= 4 is 9.84 Å². The Morgan fingerprint density at radius 2 is 1.88 bits per heavy atom. The van der Waals surface area contributed by atoms with Crippen LogP contribution in [0.1, 0.15) is 13.3 Å². The Morgan fingerprint density at radius 3 is 2.50 bits per heavy atom. The molecule has 0 radical (unpaired) electrons. The molecule has 0 aromatic heterocycles. The van der Waals surface area contributed by atoms with Crippen molar-refractivity contribution in [2.75, 3.05) is 0 Å². The van der Waals surface area contributed by atoms with Crippen LogP contribution in [-0.2, 0) is 9.84 Å². The second kappa shape index (κ2) is 4.26. The number of hydrogen-bond donors (Lipinski definition) is 0. The van der Waals surface area contributed by atoms with Gasteiger partial charge in [-0.2, -0.15) is 0 Å². The number of hydrogen-bond acceptors (Lipinski definition) is 2. The first kappa shape index (κ1) is 11.1. The Balaban J connectivity index is 2.38. The highest BCUT2D eigenvalue weighted by Gasteiger charge is 2.25. The van der Waals surface area contributed by atoms with Gasteiger partial charge >= 0.3 is 0 Å². The van der Waals surface area contributed by atoms with E-state index in [-0.39, 0.29) is 0 Å². The third-order valence-corrected chi connectivity index (χ3v) is 4.72. The molecule has 0 saturated carbocycles. The lowest BCUT2D eigenvalue weighted by molar-refractivity contribution is 0.588. The lowest BCUT2D eigenvalue weighted by Crippen LogP contribution is -2.20. The largest absolute Gasteiger partial charge is 0.223 e. The minimum Gasteiger partial charge on any atom is -0.223 e. The Kier molecular flexibility index (Phi) is 2.97. The van der Waals surface area contributed by atoms with Crippen LogP contribution in [0.5, 0.6) is 0 Å². The van der Waals surface area contributed by atoms with Crippen LogP contribution in [-0.4, -0.2) is 13.7 Å². The first-order chi connectivity index (χ1) is 7.60. The van der Waals surface area contributed by atoms with Crippen molar-refractivity contribution in [1.29, 1.82) is 0 Å². The van der Waals surface area contributed by atoms with Crippen LogP contribution in [0.4, 0.5) is 0 Å². The fourth-order valence-corrected chi connectivity index (χ4v) is 3.45. The fraction of sp³-hybridized carbons (Fsp3) is 0.231. The van der Waals surface area contributed by atoms with Gasteiger partial charge in [0.15, 0.2) is 9.84 Å². The average Bonchev–Trinajstić information content (AvgIpc) is 2.30. The minimum absolute atomic E-state index is 0.402. The van der Waals surface area contributed by atoms with Gasteiger partial charge in [-0.3, -0.25) is 0 Å². The van der Waals surface area contributed by atoms with Gasteiger partial charge in [0, 0.05) is 0 Å². The van der Waals surface area contributed by atoms with Crippen molar-refractivity contribution in [3.05, 3.63) is 54.1 Å². The van der Waals surface area contributed by atoms with Gasteiger partial charge in [0.05, 0.1) is 10.1 Å². The zero-order chi connectivity index (χ0) is 11.6. The van der Waals surface area contributed by atoms with E-state index in [1.807, 2.05) is 31.2 Å². The molecule has 2 rings (SSSR count). The maximum atomic E-state index is 12.3. The molecule has 0 aliphatic heterocycles. The number of benzene rings is 1. The van der Waals surface area contributed by atoms with Gasteiger partial charge < -0.3 is 0 Å². The van der Waals surface area contributed by atoms with Crippen LogP contribution in [0, 0.1) is 0 Å². The second-order valence-corrected chi connectivity index (χ2v) is 6.11. The predicted octanol–water partition coefficient (Wildman–Crippen LogP) is 2.74. The van der Waals surface area contributed by atoms with E-state index in [4.69, 9.17) is 0 Å². The normalized spacial score (nSPS) is 20.6. The predicted molar refractivity (Wildman–Crippen MR) is 64.9 cm³/mol. The molecule has 2 nitrogen and oxygen atoms in total. The fourth-order valence-electron chi connectivity index (χ4n) is 1.81. The first-order valence-electron chi connectivity index (χ1n) is 5.24. The Hall–Kier alpha value is -1.35. The minimum atomic E-state index is -3.22. The molecule has 0 spiro atoms. The number of rotatable bonds is 2. The molecular formula is C13H14O2S. The van der Waals surface area contributed by atoms with Crippen molar-refractivity contribution in [1.82, 2.24) is 0 Å². The molecule has 0 bridgehead atoms. The molecule has 0 amide bonds. The summed E-state index contributed by atoms with van der Waals surface area (Å²) in [5, 5.41) is -0.417. The molecule has 0 heterocycles. The molecule has 1 unspecified atom stereocenters. The van der Waals surface area contributed by atoms with Gasteiger partial charge in [0.2, 0.25) is 0 Å². The van der Waals surface area contributed by atoms with Crippen LogP contribution in [0.3, 0.4) is 0 Å². The van der Waals surface area contributed by atoms with Gasteiger partial charge in [-0.05, 0) is 25.5 Å². The molecular weight excluding hydrogens is 220 g/mol. The quantitative estimate of drug-likeness (QED) is 0.788. The van der Waals surface area contributed by atoms with Crippen LogP contribution in [0.25, 0.3) is 0 Å². The maximum Gasteiger partial charge on any atom is 0.185 e. The molecule has 1 aliphatic rings. The van der Waals surface area contributed by atoms with E-state index in [2.05, 4.69) is 0 Å². The summed E-state index contributed by atoms with van der Waals surface area (Å²) in [6.45, 7) is 1.92. The Labute approximate surface area is 96.2 Å². The second-order valence-electron chi connectivity index (χ2n) is 3.95. The highest BCUT2D eigenvalue weighted by molar-refractivity contribution is 7.92. The summed E-state index contributed by atoms with van der Waals surface area (Å²) >= 11 is 0. The van der Waals surface area contributed by atoms with E-state index in [1.165, 1.54) is 0 Å². The van der Waals surface area contributed by atoms with E-state index < -0.39 is 15.1 Å². The molecule has 0 N–H and O–H groups in total. The molecule has 84 valence electrons. The lowest BCUT2D eigenvalue weighted by Gasteiger charge is -2.16. The zero-order valence-electron chi connectivity index (χ0n) is 9.13. The van der Waals surface area contributed by atoms with Crippen molar-refractivity contribution in [2.45, 2.75) is 23.5 Å². The topological polar surface area (TPSA) is 34.1 Å². The Bertz CT molecular complexity index is 524. The summed E-state index contributed by atoms with van der Waals surface area (Å²) in [6, 6.07) is 8.62. The van der Waals surface area contributed by atoms with Crippen molar-refractivity contribution < 1.29 is 8.42 Å². The van der Waals surface area contributed by atoms with Crippen LogP contribution >= 0.6 is 0 Å². The van der Waals surface area contributed by atoms with E-state index in [0.29, 0.717) is 11.3 Å². The standard InChI is InChI=1S/C13H14O2S/c1-11-6-5-9-13(10-11)16(14,15)12-7-3-2-4-8-12/h2-8,10,13H,9H2,1H3. The highest BCUT2D eigenvalue weighted by Crippen LogP contribution is 2.23. The summed E-state index contributed by atoms with van der Waals surface area (Å²) in [7, 11) is -3.22. The molecule has 1 atom stereocenters. The van der Waals surface area contributed by atoms with E-state index in [9.17, 15) is 8.42 Å². The maximum absolute atomic E-state index is 12.3. The Morgan fingerprint density at radius 1 is 1.19 bits per heavy atom. The van der Waals surface area contributed by atoms with Gasteiger partial charge in [-0.25, -0.2) is 8.42 Å². The zero-order valence-corrected chi connectivity index (χ0v) is 9.94. The highest BCUT2D eigenvalue weighted by atomic mass is 32.2. The van der Waals surface area contributed by atoms with Crippen LogP contribution < -0.4 is 0 Å². The molecule has 1 aliphatic carbocycles. The molecule has 0 fully saturated rings. The average molecular weight is 234 g/mol. The SMILES string of the molecule is CC1=CC(S(=O)(=O)c2ccccc2)CC=C1. The van der Waals surface area contributed by atoms with Crippen molar-refractivity contribution in [3.63, 3.8) is 0 Å². The third-order valence-electron chi connectivity index (χ3n) is 2.67.